The van der Waals surface area contributed by atoms with Gasteiger partial charge in [0.25, 0.3) is 0 Å². The third kappa shape index (κ3) is 6.64. The van der Waals surface area contributed by atoms with Crippen molar-refractivity contribution in [2.24, 2.45) is 0 Å². The lowest BCUT2D eigenvalue weighted by atomic mass is 10.2. The molecular formula is C13H14F3NO4. The number of nitrogens with zero attached hydrogens (tertiary/aromatic N) is 1. The summed E-state index contributed by atoms with van der Waals surface area (Å²) < 4.78 is 40.1. The number of benzene rings is 1. The predicted octanol–water partition coefficient (Wildman–Crippen LogP) is 2.41. The highest BCUT2D eigenvalue weighted by molar-refractivity contribution is 5.80. The molecule has 0 saturated carbocycles. The van der Waals surface area contributed by atoms with Crippen LogP contribution in [0.1, 0.15) is 18.4 Å². The lowest BCUT2D eigenvalue weighted by Gasteiger charge is -2.17. The van der Waals surface area contributed by atoms with Crippen molar-refractivity contribution < 1.29 is 32.6 Å². The number of carboxylic acid groups (broad SMARTS) is 1. The molecule has 0 saturated heterocycles. The molecule has 0 bridgehead atoms. The Balaban J connectivity index is 2.63. The second kappa shape index (κ2) is 6.96. The quantitative estimate of drug-likeness (QED) is 0.876. The van der Waals surface area contributed by atoms with E-state index in [1.165, 1.54) is 24.1 Å². The fraction of sp³-hybridized carbons (Fsp3) is 0.385. The number of alkyl halides is 3. The van der Waals surface area contributed by atoms with E-state index in [2.05, 4.69) is 4.74 Å². The van der Waals surface area contributed by atoms with Crippen molar-refractivity contribution in [2.75, 3.05) is 7.05 Å². The molecule has 1 aromatic carbocycles. The van der Waals surface area contributed by atoms with Crippen molar-refractivity contribution in [3.8, 4) is 5.75 Å². The molecule has 0 aliphatic carbocycles. The highest BCUT2D eigenvalue weighted by atomic mass is 19.4. The van der Waals surface area contributed by atoms with Crippen molar-refractivity contribution in [1.82, 2.24) is 4.90 Å². The van der Waals surface area contributed by atoms with Gasteiger partial charge in [0.1, 0.15) is 5.75 Å². The van der Waals surface area contributed by atoms with E-state index >= 15 is 0 Å². The van der Waals surface area contributed by atoms with E-state index in [9.17, 15) is 22.8 Å². The molecule has 0 unspecified atom stereocenters. The topological polar surface area (TPSA) is 66.8 Å². The Kier molecular flexibility index (Phi) is 5.57. The van der Waals surface area contributed by atoms with Crippen molar-refractivity contribution in [1.29, 1.82) is 0 Å². The third-order valence-electron chi connectivity index (χ3n) is 2.53. The number of ether oxygens (including phenoxy) is 1. The molecule has 8 heteroatoms. The number of aliphatic carboxylic acids is 1. The van der Waals surface area contributed by atoms with E-state index in [0.717, 1.165) is 6.07 Å². The third-order valence-corrected chi connectivity index (χ3v) is 2.53. The fourth-order valence-corrected chi connectivity index (χ4v) is 1.61. The molecule has 0 heterocycles. The normalized spacial score (nSPS) is 11.0. The van der Waals surface area contributed by atoms with Gasteiger partial charge in [0.05, 0.1) is 6.42 Å². The summed E-state index contributed by atoms with van der Waals surface area (Å²) in [7, 11) is 1.45. The van der Waals surface area contributed by atoms with Crippen LogP contribution in [0.3, 0.4) is 0 Å². The maximum atomic E-state index is 12.1. The molecule has 5 nitrogen and oxygen atoms in total. The lowest BCUT2D eigenvalue weighted by molar-refractivity contribution is -0.274. The molecule has 1 aromatic rings. The van der Waals surface area contributed by atoms with Gasteiger partial charge in [-0.25, -0.2) is 0 Å². The first-order valence-electron chi connectivity index (χ1n) is 5.98. The zero-order chi connectivity index (χ0) is 16.0. The van der Waals surface area contributed by atoms with Crippen molar-refractivity contribution in [2.45, 2.75) is 25.7 Å². The van der Waals surface area contributed by atoms with Gasteiger partial charge in [-0.2, -0.15) is 0 Å². The standard InChI is InChI=1S/C13H14F3NO4/c1-17(11(18)5-6-12(19)20)8-9-3-2-4-10(7-9)21-13(14,15)16/h2-4,7H,5-6,8H2,1H3,(H,19,20). The lowest BCUT2D eigenvalue weighted by Crippen LogP contribution is -2.26. The van der Waals surface area contributed by atoms with Crippen LogP contribution in [0.25, 0.3) is 0 Å². The molecule has 0 aromatic heterocycles. The molecule has 0 radical (unpaired) electrons. The molecule has 0 aliphatic heterocycles. The first-order chi connectivity index (χ1) is 9.67. The van der Waals surface area contributed by atoms with Gasteiger partial charge in [-0.1, -0.05) is 12.1 Å². The van der Waals surface area contributed by atoms with Crippen LogP contribution < -0.4 is 4.74 Å². The van der Waals surface area contributed by atoms with E-state index in [0.29, 0.717) is 5.56 Å². The van der Waals surface area contributed by atoms with Crippen LogP contribution in [-0.4, -0.2) is 35.3 Å². The van der Waals surface area contributed by atoms with E-state index in [4.69, 9.17) is 5.11 Å². The Hall–Kier alpha value is -2.25. The predicted molar refractivity (Wildman–Crippen MR) is 66.5 cm³/mol. The molecule has 116 valence electrons. The van der Waals surface area contributed by atoms with E-state index in [1.807, 2.05) is 0 Å². The summed E-state index contributed by atoms with van der Waals surface area (Å²) in [6, 6.07) is 5.26. The second-order valence-corrected chi connectivity index (χ2v) is 4.34. The summed E-state index contributed by atoms with van der Waals surface area (Å²) in [5.41, 5.74) is 0.447. The minimum absolute atomic E-state index is 0.0630. The Labute approximate surface area is 118 Å². The molecule has 0 spiro atoms. The van der Waals surface area contributed by atoms with Gasteiger partial charge in [0.15, 0.2) is 0 Å². The van der Waals surface area contributed by atoms with Gasteiger partial charge in [-0.05, 0) is 17.7 Å². The van der Waals surface area contributed by atoms with Crippen molar-refractivity contribution in [3.63, 3.8) is 0 Å². The van der Waals surface area contributed by atoms with Crippen LogP contribution in [0.15, 0.2) is 24.3 Å². The van der Waals surface area contributed by atoms with Crippen LogP contribution in [0, 0.1) is 0 Å². The van der Waals surface area contributed by atoms with Gasteiger partial charge in [0, 0.05) is 20.0 Å². The van der Waals surface area contributed by atoms with Crippen molar-refractivity contribution >= 4 is 11.9 Å². The summed E-state index contributed by atoms with van der Waals surface area (Å²) in [6.45, 7) is 0.0630. The van der Waals surface area contributed by atoms with E-state index < -0.39 is 18.2 Å². The molecule has 21 heavy (non-hydrogen) atoms. The number of hydrogen-bond acceptors (Lipinski definition) is 3. The summed E-state index contributed by atoms with van der Waals surface area (Å²) in [5, 5.41) is 8.48. The highest BCUT2D eigenvalue weighted by Crippen LogP contribution is 2.23. The fourth-order valence-electron chi connectivity index (χ4n) is 1.61. The Bertz CT molecular complexity index is 516. The number of hydrogen-bond donors (Lipinski definition) is 1. The molecule has 0 fully saturated rings. The Morgan fingerprint density at radius 3 is 2.52 bits per heavy atom. The average molecular weight is 305 g/mol. The number of amides is 1. The van der Waals surface area contributed by atoms with Crippen molar-refractivity contribution in [3.05, 3.63) is 29.8 Å². The van der Waals surface area contributed by atoms with Crippen LogP contribution in [0.4, 0.5) is 13.2 Å². The molecular weight excluding hydrogens is 291 g/mol. The smallest absolute Gasteiger partial charge is 0.481 e. The van der Waals surface area contributed by atoms with Crippen LogP contribution >= 0.6 is 0 Å². The van der Waals surface area contributed by atoms with Gasteiger partial charge in [-0.3, -0.25) is 9.59 Å². The summed E-state index contributed by atoms with van der Waals surface area (Å²) in [5.74, 6) is -1.86. The van der Waals surface area contributed by atoms with Crippen LogP contribution in [0.5, 0.6) is 5.75 Å². The Morgan fingerprint density at radius 2 is 1.95 bits per heavy atom. The maximum absolute atomic E-state index is 12.1. The molecule has 0 atom stereocenters. The first-order valence-corrected chi connectivity index (χ1v) is 5.98. The zero-order valence-corrected chi connectivity index (χ0v) is 11.2. The summed E-state index contributed by atoms with van der Waals surface area (Å²) >= 11 is 0. The largest absolute Gasteiger partial charge is 0.573 e. The van der Waals surface area contributed by atoms with Gasteiger partial charge >= 0.3 is 12.3 Å². The number of carbonyl (C=O) groups is 2. The number of rotatable bonds is 6. The summed E-state index contributed by atoms with van der Waals surface area (Å²) in [6.07, 6.45) is -5.23. The van der Waals surface area contributed by atoms with Gasteiger partial charge < -0.3 is 14.7 Å². The molecule has 1 N–H and O–H groups in total. The van der Waals surface area contributed by atoms with E-state index in [1.54, 1.807) is 6.07 Å². The minimum atomic E-state index is -4.78. The number of carboxylic acids is 1. The Morgan fingerprint density at radius 1 is 1.29 bits per heavy atom. The van der Waals surface area contributed by atoms with Crippen LogP contribution in [0.2, 0.25) is 0 Å². The van der Waals surface area contributed by atoms with Crippen LogP contribution in [-0.2, 0) is 16.1 Å². The first kappa shape index (κ1) is 16.8. The van der Waals surface area contributed by atoms with Gasteiger partial charge in [0.2, 0.25) is 5.91 Å². The SMILES string of the molecule is CN(Cc1cccc(OC(F)(F)F)c1)C(=O)CCC(=O)O. The second-order valence-electron chi connectivity index (χ2n) is 4.34. The zero-order valence-electron chi connectivity index (χ0n) is 11.2. The van der Waals surface area contributed by atoms with Gasteiger partial charge in [-0.15, -0.1) is 13.2 Å². The average Bonchev–Trinajstić information content (AvgIpc) is 2.34. The molecule has 1 amide bonds. The maximum Gasteiger partial charge on any atom is 0.573 e. The number of halogens is 3. The molecule has 0 aliphatic rings. The summed E-state index contributed by atoms with van der Waals surface area (Å²) in [4.78, 5) is 23.2. The minimum Gasteiger partial charge on any atom is -0.481 e. The monoisotopic (exact) mass is 305 g/mol. The highest BCUT2D eigenvalue weighted by Gasteiger charge is 2.31. The number of carbonyl (C=O) groups excluding carboxylic acids is 1. The molecule has 1 rings (SSSR count). The van der Waals surface area contributed by atoms with E-state index in [-0.39, 0.29) is 25.1 Å².